The van der Waals surface area contributed by atoms with E-state index in [9.17, 15) is 9.59 Å². The fraction of sp³-hybridized carbons (Fsp3) is 0.250. The SMILES string of the molecule is COC(=O)c1ccccc1-c1nc(Nc2cnn(C3CC(=O)C3)c2)ncc1C. The summed E-state index contributed by atoms with van der Waals surface area (Å²) in [7, 11) is 1.35. The van der Waals surface area contributed by atoms with Gasteiger partial charge in [0, 0.05) is 30.8 Å². The number of nitrogens with one attached hydrogen (secondary N) is 1. The molecule has 0 unspecified atom stereocenters. The number of rotatable bonds is 5. The molecule has 2 aromatic heterocycles. The topological polar surface area (TPSA) is 99.0 Å². The van der Waals surface area contributed by atoms with Crippen LogP contribution in [0.5, 0.6) is 0 Å². The number of anilines is 2. The minimum atomic E-state index is -0.417. The van der Waals surface area contributed by atoms with Gasteiger partial charge in [-0.1, -0.05) is 18.2 Å². The number of carbonyl (C=O) groups excluding carboxylic acids is 2. The Morgan fingerprint density at radius 3 is 2.79 bits per heavy atom. The third-order valence-corrected chi connectivity index (χ3v) is 4.72. The highest BCUT2D eigenvalue weighted by Crippen LogP contribution is 2.29. The quantitative estimate of drug-likeness (QED) is 0.682. The number of aromatic nitrogens is 4. The molecule has 3 aromatic rings. The molecule has 1 aromatic carbocycles. The first-order valence-corrected chi connectivity index (χ1v) is 8.89. The molecule has 0 amide bonds. The lowest BCUT2D eigenvalue weighted by Crippen LogP contribution is -2.26. The predicted octanol–water partition coefficient (Wildman–Crippen LogP) is 3.08. The van der Waals surface area contributed by atoms with Gasteiger partial charge in [0.2, 0.25) is 5.95 Å². The first-order valence-electron chi connectivity index (χ1n) is 8.89. The Bertz CT molecular complexity index is 1050. The Balaban J connectivity index is 1.62. The van der Waals surface area contributed by atoms with Crippen molar-refractivity contribution >= 4 is 23.4 Å². The summed E-state index contributed by atoms with van der Waals surface area (Å²) in [6.45, 7) is 1.89. The van der Waals surface area contributed by atoms with Gasteiger partial charge in [0.25, 0.3) is 0 Å². The van der Waals surface area contributed by atoms with E-state index in [-0.39, 0.29) is 11.8 Å². The maximum absolute atomic E-state index is 12.1. The molecular weight excluding hydrogens is 358 g/mol. The van der Waals surface area contributed by atoms with Crippen LogP contribution in [-0.2, 0) is 9.53 Å². The summed E-state index contributed by atoms with van der Waals surface area (Å²) >= 11 is 0. The van der Waals surface area contributed by atoms with Crippen LogP contribution in [0, 0.1) is 6.92 Å². The Labute approximate surface area is 161 Å². The average molecular weight is 377 g/mol. The van der Waals surface area contributed by atoms with Crippen molar-refractivity contribution < 1.29 is 14.3 Å². The van der Waals surface area contributed by atoms with Crippen molar-refractivity contribution in [3.8, 4) is 11.3 Å². The number of nitrogens with zero attached hydrogens (tertiary/aromatic N) is 4. The number of carbonyl (C=O) groups is 2. The second kappa shape index (κ2) is 7.22. The van der Waals surface area contributed by atoms with E-state index in [2.05, 4.69) is 20.4 Å². The molecule has 0 saturated heterocycles. The molecule has 2 heterocycles. The van der Waals surface area contributed by atoms with Gasteiger partial charge in [-0.2, -0.15) is 5.10 Å². The van der Waals surface area contributed by atoms with Crippen LogP contribution in [0.2, 0.25) is 0 Å². The van der Waals surface area contributed by atoms with Crippen LogP contribution >= 0.6 is 0 Å². The minimum Gasteiger partial charge on any atom is -0.465 e. The molecule has 1 aliphatic rings. The summed E-state index contributed by atoms with van der Waals surface area (Å²) in [6, 6.07) is 7.30. The van der Waals surface area contributed by atoms with E-state index in [0.29, 0.717) is 35.6 Å². The molecule has 0 aliphatic heterocycles. The second-order valence-electron chi connectivity index (χ2n) is 6.70. The highest BCUT2D eigenvalue weighted by Gasteiger charge is 2.28. The molecule has 28 heavy (non-hydrogen) atoms. The fourth-order valence-corrected chi connectivity index (χ4v) is 3.14. The molecule has 1 aliphatic carbocycles. The number of esters is 1. The highest BCUT2D eigenvalue weighted by molar-refractivity contribution is 5.97. The van der Waals surface area contributed by atoms with Crippen molar-refractivity contribution in [3.63, 3.8) is 0 Å². The van der Waals surface area contributed by atoms with Crippen molar-refractivity contribution in [2.24, 2.45) is 0 Å². The predicted molar refractivity (Wildman–Crippen MR) is 102 cm³/mol. The van der Waals surface area contributed by atoms with Gasteiger partial charge in [0.1, 0.15) is 5.78 Å². The fourth-order valence-electron chi connectivity index (χ4n) is 3.14. The zero-order valence-electron chi connectivity index (χ0n) is 15.5. The average Bonchev–Trinajstić information content (AvgIpc) is 3.14. The van der Waals surface area contributed by atoms with Crippen molar-refractivity contribution in [1.29, 1.82) is 0 Å². The zero-order valence-corrected chi connectivity index (χ0v) is 15.5. The van der Waals surface area contributed by atoms with Crippen molar-refractivity contribution in [1.82, 2.24) is 19.7 Å². The molecule has 1 fully saturated rings. The molecule has 1 saturated carbocycles. The van der Waals surface area contributed by atoms with Crippen molar-refractivity contribution in [2.45, 2.75) is 25.8 Å². The summed E-state index contributed by atoms with van der Waals surface area (Å²) in [4.78, 5) is 32.2. The Morgan fingerprint density at radius 2 is 2.04 bits per heavy atom. The van der Waals surface area contributed by atoms with Crippen LogP contribution in [0.4, 0.5) is 11.6 Å². The van der Waals surface area contributed by atoms with E-state index in [0.717, 1.165) is 11.3 Å². The zero-order chi connectivity index (χ0) is 19.7. The van der Waals surface area contributed by atoms with Crippen LogP contribution in [0.25, 0.3) is 11.3 Å². The lowest BCUT2D eigenvalue weighted by Gasteiger charge is -2.23. The van der Waals surface area contributed by atoms with E-state index in [4.69, 9.17) is 4.74 Å². The smallest absolute Gasteiger partial charge is 0.338 e. The summed E-state index contributed by atoms with van der Waals surface area (Å²) in [6.07, 6.45) is 6.26. The third kappa shape index (κ3) is 3.36. The van der Waals surface area contributed by atoms with Gasteiger partial charge in [-0.3, -0.25) is 9.48 Å². The molecule has 142 valence electrons. The van der Waals surface area contributed by atoms with Gasteiger partial charge in [0.05, 0.1) is 36.3 Å². The number of ether oxygens (including phenoxy) is 1. The van der Waals surface area contributed by atoms with Gasteiger partial charge in [-0.05, 0) is 18.6 Å². The Morgan fingerprint density at radius 1 is 1.25 bits per heavy atom. The van der Waals surface area contributed by atoms with Gasteiger partial charge in [-0.15, -0.1) is 0 Å². The molecular formula is C20H19N5O3. The number of ketones is 1. The second-order valence-corrected chi connectivity index (χ2v) is 6.70. The van der Waals surface area contributed by atoms with Crippen LogP contribution in [0.3, 0.4) is 0 Å². The van der Waals surface area contributed by atoms with E-state index < -0.39 is 5.97 Å². The molecule has 8 heteroatoms. The molecule has 1 N–H and O–H groups in total. The maximum Gasteiger partial charge on any atom is 0.338 e. The Kier molecular flexibility index (Phi) is 4.60. The van der Waals surface area contributed by atoms with E-state index in [1.165, 1.54) is 7.11 Å². The van der Waals surface area contributed by atoms with Crippen LogP contribution in [0.15, 0.2) is 42.9 Å². The molecule has 0 spiro atoms. The highest BCUT2D eigenvalue weighted by atomic mass is 16.5. The van der Waals surface area contributed by atoms with Crippen molar-refractivity contribution in [2.75, 3.05) is 12.4 Å². The van der Waals surface area contributed by atoms with Crippen LogP contribution in [-0.4, -0.2) is 38.6 Å². The number of aryl methyl sites for hydroxylation is 1. The maximum atomic E-state index is 12.1. The number of methoxy groups -OCH3 is 1. The number of Topliss-reactive ketones (excluding diaryl/α,β-unsaturated/α-hetero) is 1. The molecule has 0 atom stereocenters. The normalized spacial score (nSPS) is 13.9. The van der Waals surface area contributed by atoms with Gasteiger partial charge in [-0.25, -0.2) is 14.8 Å². The molecule has 0 radical (unpaired) electrons. The third-order valence-electron chi connectivity index (χ3n) is 4.72. The van der Waals surface area contributed by atoms with Crippen LogP contribution in [0.1, 0.15) is 34.8 Å². The van der Waals surface area contributed by atoms with E-state index in [1.54, 1.807) is 29.2 Å². The summed E-state index contributed by atoms with van der Waals surface area (Å²) < 4.78 is 6.66. The largest absolute Gasteiger partial charge is 0.465 e. The Hall–Kier alpha value is -3.55. The first-order chi connectivity index (χ1) is 13.5. The number of benzene rings is 1. The number of hydrogen-bond acceptors (Lipinski definition) is 7. The number of hydrogen-bond donors (Lipinski definition) is 1. The molecule has 0 bridgehead atoms. The summed E-state index contributed by atoms with van der Waals surface area (Å²) in [5, 5.41) is 7.43. The van der Waals surface area contributed by atoms with E-state index >= 15 is 0 Å². The van der Waals surface area contributed by atoms with E-state index in [1.807, 2.05) is 25.3 Å². The standard InChI is InChI=1S/C20H19N5O3/c1-12-9-21-20(23-13-10-22-25(11-13)14-7-15(26)8-14)24-18(12)16-5-3-4-6-17(16)19(27)28-2/h3-6,9-11,14H,7-8H2,1-2H3,(H,21,23,24). The van der Waals surface area contributed by atoms with Gasteiger partial charge < -0.3 is 10.1 Å². The lowest BCUT2D eigenvalue weighted by atomic mass is 9.92. The summed E-state index contributed by atoms with van der Waals surface area (Å²) in [5.41, 5.74) is 3.35. The summed E-state index contributed by atoms with van der Waals surface area (Å²) in [5.74, 6) is 0.231. The van der Waals surface area contributed by atoms with Crippen LogP contribution < -0.4 is 5.32 Å². The lowest BCUT2D eigenvalue weighted by molar-refractivity contribution is -0.126. The molecule has 4 rings (SSSR count). The minimum absolute atomic E-state index is 0.129. The monoisotopic (exact) mass is 377 g/mol. The first kappa shape index (κ1) is 17.8. The molecule has 8 nitrogen and oxygen atoms in total. The van der Waals surface area contributed by atoms with Gasteiger partial charge >= 0.3 is 5.97 Å². The van der Waals surface area contributed by atoms with Gasteiger partial charge in [0.15, 0.2) is 0 Å². The van der Waals surface area contributed by atoms with Crippen molar-refractivity contribution in [3.05, 3.63) is 54.0 Å².